The molecule has 0 bridgehead atoms. The summed E-state index contributed by atoms with van der Waals surface area (Å²) in [6.45, 7) is 0. The minimum atomic E-state index is -0.711. The first kappa shape index (κ1) is 15.2. The SMILES string of the molecule is O=Cc1cc(F)cc(Oc2cc(Cl)c(Cl)cc2[N+](=O)[O-])c1. The summed E-state index contributed by atoms with van der Waals surface area (Å²) in [5.74, 6) is -0.993. The van der Waals surface area contributed by atoms with Gasteiger partial charge in [0.1, 0.15) is 17.9 Å². The molecule has 0 saturated carbocycles. The monoisotopic (exact) mass is 329 g/mol. The average Bonchev–Trinajstić information content (AvgIpc) is 2.41. The van der Waals surface area contributed by atoms with E-state index in [1.807, 2.05) is 0 Å². The number of benzene rings is 2. The van der Waals surface area contributed by atoms with Crippen molar-refractivity contribution in [2.24, 2.45) is 0 Å². The topological polar surface area (TPSA) is 69.4 Å². The van der Waals surface area contributed by atoms with Gasteiger partial charge in [0.15, 0.2) is 0 Å². The number of halogens is 3. The number of rotatable bonds is 4. The molecule has 0 radical (unpaired) electrons. The molecule has 0 atom stereocenters. The van der Waals surface area contributed by atoms with Crippen LogP contribution in [0.2, 0.25) is 10.0 Å². The Labute approximate surface area is 128 Å². The summed E-state index contributed by atoms with van der Waals surface area (Å²) in [6, 6.07) is 5.40. The molecule has 2 aromatic carbocycles. The third-order valence-electron chi connectivity index (χ3n) is 2.46. The maximum absolute atomic E-state index is 13.3. The highest BCUT2D eigenvalue weighted by atomic mass is 35.5. The molecule has 0 aliphatic rings. The van der Waals surface area contributed by atoms with E-state index >= 15 is 0 Å². The number of aldehydes is 1. The normalized spacial score (nSPS) is 10.2. The van der Waals surface area contributed by atoms with E-state index in [0.717, 1.165) is 24.3 Å². The van der Waals surface area contributed by atoms with Crippen LogP contribution in [-0.2, 0) is 0 Å². The summed E-state index contributed by atoms with van der Waals surface area (Å²) in [7, 11) is 0. The Hall–Kier alpha value is -2.18. The standard InChI is InChI=1S/C13H6Cl2FNO4/c14-10-4-12(17(19)20)13(5-11(10)15)21-9-2-7(6-18)1-8(16)3-9/h1-6H. The molecule has 0 aromatic heterocycles. The molecule has 0 saturated heterocycles. The van der Waals surface area contributed by atoms with Gasteiger partial charge >= 0.3 is 5.69 Å². The van der Waals surface area contributed by atoms with Gasteiger partial charge < -0.3 is 4.74 Å². The van der Waals surface area contributed by atoms with Gasteiger partial charge in [0.25, 0.3) is 0 Å². The van der Waals surface area contributed by atoms with Gasteiger partial charge in [0.05, 0.1) is 15.0 Å². The molecule has 8 heteroatoms. The van der Waals surface area contributed by atoms with Crippen molar-refractivity contribution in [1.29, 1.82) is 0 Å². The van der Waals surface area contributed by atoms with Gasteiger partial charge in [-0.15, -0.1) is 0 Å². The van der Waals surface area contributed by atoms with Crippen LogP contribution < -0.4 is 4.74 Å². The van der Waals surface area contributed by atoms with E-state index in [1.165, 1.54) is 6.07 Å². The molecular formula is C13H6Cl2FNO4. The zero-order valence-electron chi connectivity index (χ0n) is 10.2. The van der Waals surface area contributed by atoms with Crippen LogP contribution >= 0.6 is 23.2 Å². The minimum Gasteiger partial charge on any atom is -0.450 e. The predicted octanol–water partition coefficient (Wildman–Crippen LogP) is 4.65. The Bertz CT molecular complexity index is 736. The van der Waals surface area contributed by atoms with Crippen LogP contribution in [0.1, 0.15) is 10.4 Å². The van der Waals surface area contributed by atoms with Crippen LogP contribution in [0.5, 0.6) is 11.5 Å². The van der Waals surface area contributed by atoms with Crippen LogP contribution in [0.3, 0.4) is 0 Å². The fraction of sp³-hybridized carbons (Fsp3) is 0. The largest absolute Gasteiger partial charge is 0.450 e. The summed E-state index contributed by atoms with van der Waals surface area (Å²) in [5, 5.41) is 11.0. The third kappa shape index (κ3) is 3.48. The van der Waals surface area contributed by atoms with Crippen molar-refractivity contribution < 1.29 is 18.8 Å². The maximum Gasteiger partial charge on any atom is 0.313 e. The molecule has 0 heterocycles. The summed E-state index contributed by atoms with van der Waals surface area (Å²) in [6.07, 6.45) is 0.430. The van der Waals surface area contributed by atoms with Crippen molar-refractivity contribution >= 4 is 35.2 Å². The molecule has 0 fully saturated rings. The number of nitro groups is 1. The number of nitro benzene ring substituents is 1. The lowest BCUT2D eigenvalue weighted by molar-refractivity contribution is -0.385. The van der Waals surface area contributed by atoms with Gasteiger partial charge in [-0.1, -0.05) is 23.2 Å². The second-order valence-corrected chi connectivity index (χ2v) is 4.75. The molecule has 2 rings (SSSR count). The number of ether oxygens (including phenoxy) is 1. The fourth-order valence-electron chi connectivity index (χ4n) is 1.58. The van der Waals surface area contributed by atoms with Crippen LogP contribution in [-0.4, -0.2) is 11.2 Å². The van der Waals surface area contributed by atoms with E-state index in [9.17, 15) is 19.3 Å². The second kappa shape index (κ2) is 6.07. The van der Waals surface area contributed by atoms with Crippen molar-refractivity contribution in [3.05, 3.63) is 61.9 Å². The zero-order valence-corrected chi connectivity index (χ0v) is 11.7. The zero-order chi connectivity index (χ0) is 15.6. The van der Waals surface area contributed by atoms with E-state index in [4.69, 9.17) is 27.9 Å². The molecule has 0 unspecified atom stereocenters. The molecule has 5 nitrogen and oxygen atoms in total. The molecule has 0 aliphatic carbocycles. The first-order chi connectivity index (χ1) is 9.90. The quantitative estimate of drug-likeness (QED) is 0.465. The summed E-state index contributed by atoms with van der Waals surface area (Å²) in [5.41, 5.74) is -0.394. The van der Waals surface area contributed by atoms with Crippen LogP contribution in [0.15, 0.2) is 30.3 Å². The van der Waals surface area contributed by atoms with E-state index < -0.39 is 16.4 Å². The average molecular weight is 330 g/mol. The van der Waals surface area contributed by atoms with Gasteiger partial charge in [-0.3, -0.25) is 14.9 Å². The number of hydrogen-bond donors (Lipinski definition) is 0. The van der Waals surface area contributed by atoms with E-state index in [2.05, 4.69) is 0 Å². The molecule has 108 valence electrons. The first-order valence-corrected chi connectivity index (χ1v) is 6.23. The summed E-state index contributed by atoms with van der Waals surface area (Å²) >= 11 is 11.5. The van der Waals surface area contributed by atoms with Crippen molar-refractivity contribution in [2.75, 3.05) is 0 Å². The second-order valence-electron chi connectivity index (χ2n) is 3.93. The van der Waals surface area contributed by atoms with Crippen LogP contribution in [0.25, 0.3) is 0 Å². The van der Waals surface area contributed by atoms with Gasteiger partial charge in [-0.25, -0.2) is 4.39 Å². The Balaban J connectivity index is 2.48. The molecule has 21 heavy (non-hydrogen) atoms. The Morgan fingerprint density at radius 3 is 2.43 bits per heavy atom. The Morgan fingerprint density at radius 1 is 1.14 bits per heavy atom. The van der Waals surface area contributed by atoms with Gasteiger partial charge in [-0.05, 0) is 12.1 Å². The Kier molecular flexibility index (Phi) is 4.40. The molecule has 0 N–H and O–H groups in total. The maximum atomic E-state index is 13.3. The van der Waals surface area contributed by atoms with Gasteiger partial charge in [-0.2, -0.15) is 0 Å². The number of carbonyl (C=O) groups is 1. The summed E-state index contributed by atoms with van der Waals surface area (Å²) in [4.78, 5) is 20.9. The summed E-state index contributed by atoms with van der Waals surface area (Å²) < 4.78 is 18.5. The highest BCUT2D eigenvalue weighted by Gasteiger charge is 2.19. The smallest absolute Gasteiger partial charge is 0.313 e. The van der Waals surface area contributed by atoms with Crippen LogP contribution in [0, 0.1) is 15.9 Å². The number of hydrogen-bond acceptors (Lipinski definition) is 4. The highest BCUT2D eigenvalue weighted by Crippen LogP contribution is 2.38. The third-order valence-corrected chi connectivity index (χ3v) is 3.18. The lowest BCUT2D eigenvalue weighted by Crippen LogP contribution is -1.95. The van der Waals surface area contributed by atoms with Crippen molar-refractivity contribution in [2.45, 2.75) is 0 Å². The Morgan fingerprint density at radius 2 is 1.81 bits per heavy atom. The number of carbonyl (C=O) groups excluding carboxylic acids is 1. The molecular weight excluding hydrogens is 324 g/mol. The van der Waals surface area contributed by atoms with E-state index in [1.54, 1.807) is 0 Å². The van der Waals surface area contributed by atoms with E-state index in [0.29, 0.717) is 6.29 Å². The predicted molar refractivity (Wildman–Crippen MR) is 75.0 cm³/mol. The lowest BCUT2D eigenvalue weighted by Gasteiger charge is -2.08. The van der Waals surface area contributed by atoms with Crippen molar-refractivity contribution in [1.82, 2.24) is 0 Å². The molecule has 0 spiro atoms. The minimum absolute atomic E-state index is 0.0106. The molecule has 0 amide bonds. The first-order valence-electron chi connectivity index (χ1n) is 5.48. The van der Waals surface area contributed by atoms with E-state index in [-0.39, 0.29) is 27.1 Å². The van der Waals surface area contributed by atoms with Crippen LogP contribution in [0.4, 0.5) is 10.1 Å². The van der Waals surface area contributed by atoms with Crippen molar-refractivity contribution in [3.63, 3.8) is 0 Å². The molecule has 2 aromatic rings. The number of nitrogens with zero attached hydrogens (tertiary/aromatic N) is 1. The van der Waals surface area contributed by atoms with Crippen molar-refractivity contribution in [3.8, 4) is 11.5 Å². The highest BCUT2D eigenvalue weighted by molar-refractivity contribution is 6.42. The van der Waals surface area contributed by atoms with Gasteiger partial charge in [0, 0.05) is 23.8 Å². The molecule has 0 aliphatic heterocycles. The van der Waals surface area contributed by atoms with Gasteiger partial charge in [0.2, 0.25) is 5.75 Å². The fourth-order valence-corrected chi connectivity index (χ4v) is 1.89. The lowest BCUT2D eigenvalue weighted by atomic mass is 10.2.